The molecule has 28 heavy (non-hydrogen) atoms. The number of nitrogens with zero attached hydrogens (tertiary/aromatic N) is 4. The Kier molecular flexibility index (Phi) is 4.86. The molecule has 1 atom stereocenters. The molecule has 4 rings (SSSR count). The number of aromatic amines is 1. The zero-order chi connectivity index (χ0) is 19.7. The summed E-state index contributed by atoms with van der Waals surface area (Å²) in [6, 6.07) is 3.73. The highest BCUT2D eigenvalue weighted by Crippen LogP contribution is 2.24. The van der Waals surface area contributed by atoms with Crippen LogP contribution >= 0.6 is 0 Å². The minimum absolute atomic E-state index is 0.0230. The molecule has 4 heterocycles. The quantitative estimate of drug-likeness (QED) is 0.614. The molecule has 0 spiro atoms. The average Bonchev–Trinajstić information content (AvgIpc) is 3.43. The predicted octanol–water partition coefficient (Wildman–Crippen LogP) is -0.0304. The molecule has 0 radical (unpaired) electrons. The molecule has 0 aromatic carbocycles. The van der Waals surface area contributed by atoms with Crippen molar-refractivity contribution in [1.29, 1.82) is 0 Å². The Morgan fingerprint density at radius 1 is 1.36 bits per heavy atom. The van der Waals surface area contributed by atoms with Gasteiger partial charge in [-0.05, 0) is 38.1 Å². The number of aromatic nitrogens is 4. The summed E-state index contributed by atoms with van der Waals surface area (Å²) in [5, 5.41) is 2.93. The van der Waals surface area contributed by atoms with Gasteiger partial charge in [0.15, 0.2) is 11.2 Å². The number of carbonyl (C=O) groups excluding carboxylic acids is 1. The number of amides is 1. The number of hydrogen-bond donors (Lipinski definition) is 2. The Morgan fingerprint density at radius 2 is 2.14 bits per heavy atom. The van der Waals surface area contributed by atoms with E-state index in [9.17, 15) is 14.4 Å². The molecule has 2 N–H and O–H groups in total. The van der Waals surface area contributed by atoms with Crippen molar-refractivity contribution in [3.63, 3.8) is 0 Å². The van der Waals surface area contributed by atoms with E-state index in [0.717, 1.165) is 36.3 Å². The van der Waals surface area contributed by atoms with Crippen molar-refractivity contribution < 1.29 is 9.21 Å². The van der Waals surface area contributed by atoms with Crippen molar-refractivity contribution in [1.82, 2.24) is 29.3 Å². The summed E-state index contributed by atoms with van der Waals surface area (Å²) >= 11 is 0. The third-order valence-corrected chi connectivity index (χ3v) is 5.13. The van der Waals surface area contributed by atoms with Crippen LogP contribution in [0.5, 0.6) is 0 Å². The molecule has 1 fully saturated rings. The van der Waals surface area contributed by atoms with E-state index in [1.54, 1.807) is 6.26 Å². The second-order valence-electron chi connectivity index (χ2n) is 6.94. The maximum atomic E-state index is 12.5. The van der Waals surface area contributed by atoms with Crippen LogP contribution in [0.1, 0.15) is 24.6 Å². The lowest BCUT2D eigenvalue weighted by molar-refractivity contribution is -0.121. The molecule has 3 aromatic heterocycles. The van der Waals surface area contributed by atoms with Gasteiger partial charge in [0.2, 0.25) is 5.91 Å². The lowest BCUT2D eigenvalue weighted by atomic mass is 10.2. The van der Waals surface area contributed by atoms with Gasteiger partial charge in [-0.25, -0.2) is 9.78 Å². The van der Waals surface area contributed by atoms with E-state index in [1.165, 1.54) is 17.9 Å². The lowest BCUT2D eigenvalue weighted by Gasteiger charge is -2.26. The number of imidazole rings is 1. The number of fused-ring (bicyclic) bond motifs is 1. The Bertz CT molecular complexity index is 1090. The van der Waals surface area contributed by atoms with Gasteiger partial charge >= 0.3 is 5.69 Å². The van der Waals surface area contributed by atoms with Crippen molar-refractivity contribution >= 4 is 17.1 Å². The van der Waals surface area contributed by atoms with Crippen LogP contribution in [0.2, 0.25) is 0 Å². The molecule has 1 aliphatic heterocycles. The molecule has 1 amide bonds. The number of nitrogens with one attached hydrogen (secondary N) is 2. The lowest BCUT2D eigenvalue weighted by Crippen LogP contribution is -2.38. The second kappa shape index (κ2) is 7.47. The summed E-state index contributed by atoms with van der Waals surface area (Å²) in [5.41, 5.74) is -0.667. The SMILES string of the molecule is Cn1c(=O)[nH]c2ncn(CC(=O)NCC(c3ccco3)N3CCCC3)c2c1=O. The molecular formula is C18H22N6O4. The summed E-state index contributed by atoms with van der Waals surface area (Å²) in [7, 11) is 1.38. The van der Waals surface area contributed by atoms with Crippen LogP contribution in [0.25, 0.3) is 11.2 Å². The molecule has 10 heteroatoms. The summed E-state index contributed by atoms with van der Waals surface area (Å²) in [5.74, 6) is 0.574. The van der Waals surface area contributed by atoms with Crippen LogP contribution in [0.3, 0.4) is 0 Å². The first kappa shape index (κ1) is 18.2. The summed E-state index contributed by atoms with van der Waals surface area (Å²) < 4.78 is 7.96. The molecule has 1 unspecified atom stereocenters. The maximum Gasteiger partial charge on any atom is 0.329 e. The zero-order valence-corrected chi connectivity index (χ0v) is 15.6. The first-order valence-corrected chi connectivity index (χ1v) is 9.23. The van der Waals surface area contributed by atoms with Crippen molar-refractivity contribution in [2.45, 2.75) is 25.4 Å². The van der Waals surface area contributed by atoms with Gasteiger partial charge in [0.25, 0.3) is 5.56 Å². The summed E-state index contributed by atoms with van der Waals surface area (Å²) in [6.45, 7) is 2.28. The first-order valence-electron chi connectivity index (χ1n) is 9.23. The minimum Gasteiger partial charge on any atom is -0.468 e. The molecule has 1 saturated heterocycles. The van der Waals surface area contributed by atoms with E-state index in [1.807, 2.05) is 12.1 Å². The van der Waals surface area contributed by atoms with Gasteiger partial charge in [-0.3, -0.25) is 24.0 Å². The molecule has 10 nitrogen and oxygen atoms in total. The van der Waals surface area contributed by atoms with Crippen molar-refractivity contribution in [3.05, 3.63) is 51.3 Å². The number of carbonyl (C=O) groups is 1. The fourth-order valence-electron chi connectivity index (χ4n) is 3.62. The van der Waals surface area contributed by atoms with E-state index in [2.05, 4.69) is 20.2 Å². The van der Waals surface area contributed by atoms with E-state index in [0.29, 0.717) is 6.54 Å². The van der Waals surface area contributed by atoms with Crippen molar-refractivity contribution in [2.75, 3.05) is 19.6 Å². The van der Waals surface area contributed by atoms with Crippen LogP contribution in [-0.2, 0) is 18.4 Å². The van der Waals surface area contributed by atoms with E-state index >= 15 is 0 Å². The van der Waals surface area contributed by atoms with Crippen LogP contribution in [0.15, 0.2) is 38.7 Å². The Hall–Kier alpha value is -3.14. The number of furan rings is 1. The maximum absolute atomic E-state index is 12.5. The molecule has 0 saturated carbocycles. The first-order chi connectivity index (χ1) is 13.5. The van der Waals surface area contributed by atoms with E-state index in [4.69, 9.17) is 4.42 Å². The number of hydrogen-bond acceptors (Lipinski definition) is 6. The van der Waals surface area contributed by atoms with E-state index < -0.39 is 11.2 Å². The Balaban J connectivity index is 1.48. The second-order valence-corrected chi connectivity index (χ2v) is 6.94. The number of H-pyrrole nitrogens is 1. The monoisotopic (exact) mass is 386 g/mol. The highest BCUT2D eigenvalue weighted by molar-refractivity contribution is 5.78. The van der Waals surface area contributed by atoms with Gasteiger partial charge in [0.05, 0.1) is 18.6 Å². The summed E-state index contributed by atoms with van der Waals surface area (Å²) in [6.07, 6.45) is 5.28. The zero-order valence-electron chi connectivity index (χ0n) is 15.6. The topological polar surface area (TPSA) is 118 Å². The summed E-state index contributed by atoms with van der Waals surface area (Å²) in [4.78, 5) is 45.4. The highest BCUT2D eigenvalue weighted by atomic mass is 16.3. The molecule has 0 aliphatic carbocycles. The fourth-order valence-corrected chi connectivity index (χ4v) is 3.62. The van der Waals surface area contributed by atoms with Gasteiger partial charge < -0.3 is 14.3 Å². The third-order valence-electron chi connectivity index (χ3n) is 5.13. The van der Waals surface area contributed by atoms with Crippen molar-refractivity contribution in [2.24, 2.45) is 7.05 Å². The van der Waals surface area contributed by atoms with Crippen LogP contribution in [-0.4, -0.2) is 49.5 Å². The highest BCUT2D eigenvalue weighted by Gasteiger charge is 2.26. The number of rotatable bonds is 6. The molecule has 0 bridgehead atoms. The molecule has 148 valence electrons. The minimum atomic E-state index is -0.542. The van der Waals surface area contributed by atoms with Crippen LogP contribution in [0.4, 0.5) is 0 Å². The fraction of sp³-hybridized carbons (Fsp3) is 0.444. The third kappa shape index (κ3) is 3.38. The van der Waals surface area contributed by atoms with Gasteiger partial charge in [0.1, 0.15) is 12.3 Å². The van der Waals surface area contributed by atoms with Gasteiger partial charge in [-0.15, -0.1) is 0 Å². The normalized spacial score (nSPS) is 15.9. The standard InChI is InChI=1S/C18H22N6O4/c1-22-17(26)15-16(21-18(22)27)20-11-24(15)10-14(25)19-9-12(13-5-4-8-28-13)23-6-2-3-7-23/h4-5,8,11-12H,2-3,6-7,9-10H2,1H3,(H,19,25)(H,21,27). The van der Waals surface area contributed by atoms with Crippen LogP contribution in [0, 0.1) is 0 Å². The molecular weight excluding hydrogens is 364 g/mol. The van der Waals surface area contributed by atoms with E-state index in [-0.39, 0.29) is 29.7 Å². The van der Waals surface area contributed by atoms with Gasteiger partial charge in [0, 0.05) is 13.6 Å². The van der Waals surface area contributed by atoms with Crippen molar-refractivity contribution in [3.8, 4) is 0 Å². The number of likely N-dealkylation sites (tertiary alicyclic amines) is 1. The molecule has 1 aliphatic rings. The smallest absolute Gasteiger partial charge is 0.329 e. The van der Waals surface area contributed by atoms with Gasteiger partial charge in [-0.2, -0.15) is 0 Å². The van der Waals surface area contributed by atoms with Gasteiger partial charge in [-0.1, -0.05) is 0 Å². The Labute approximate surface area is 159 Å². The molecule has 3 aromatic rings. The average molecular weight is 386 g/mol. The predicted molar refractivity (Wildman–Crippen MR) is 101 cm³/mol. The Morgan fingerprint density at radius 3 is 2.86 bits per heavy atom. The van der Waals surface area contributed by atoms with Crippen LogP contribution < -0.4 is 16.6 Å². The largest absolute Gasteiger partial charge is 0.468 e.